The second kappa shape index (κ2) is 6.17. The normalized spacial score (nSPS) is 11.1. The van der Waals surface area contributed by atoms with E-state index in [1.54, 1.807) is 12.4 Å². The van der Waals surface area contributed by atoms with E-state index in [1.807, 2.05) is 47.7 Å². The lowest BCUT2D eigenvalue weighted by Crippen LogP contribution is -2.00. The minimum Gasteiger partial charge on any atom is -0.340 e. The lowest BCUT2D eigenvalue weighted by Gasteiger charge is -2.11. The maximum Gasteiger partial charge on any atom is 0.257 e. The predicted octanol–water partition coefficient (Wildman–Crippen LogP) is 4.39. The van der Waals surface area contributed by atoms with E-state index in [0.717, 1.165) is 39.4 Å². The Bertz CT molecular complexity index is 1260. The Balaban J connectivity index is 1.63. The molecule has 0 atom stereocenters. The first-order valence-corrected chi connectivity index (χ1v) is 8.67. The van der Waals surface area contributed by atoms with Gasteiger partial charge in [0.05, 0.1) is 5.52 Å². The molecule has 0 fully saturated rings. The molecule has 0 saturated carbocycles. The smallest absolute Gasteiger partial charge is 0.257 e. The number of rotatable bonds is 3. The third-order valence-corrected chi connectivity index (χ3v) is 4.56. The summed E-state index contributed by atoms with van der Waals surface area (Å²) in [6, 6.07) is 20.4. The molecule has 0 saturated heterocycles. The summed E-state index contributed by atoms with van der Waals surface area (Å²) >= 11 is 0. The first-order chi connectivity index (χ1) is 13.3. The van der Waals surface area contributed by atoms with Crippen molar-refractivity contribution in [3.05, 3.63) is 78.9 Å². The molecule has 5 rings (SSSR count). The van der Waals surface area contributed by atoms with Gasteiger partial charge in [0.1, 0.15) is 11.6 Å². The molecule has 2 aromatic carbocycles. The molecule has 1 N–H and O–H groups in total. The molecule has 27 heavy (non-hydrogen) atoms. The summed E-state index contributed by atoms with van der Waals surface area (Å²) < 4.78 is 1.97. The van der Waals surface area contributed by atoms with Gasteiger partial charge < -0.3 is 5.32 Å². The molecule has 0 aliphatic carbocycles. The summed E-state index contributed by atoms with van der Waals surface area (Å²) in [5.41, 5.74) is 4.22. The number of fused-ring (bicyclic) bond motifs is 3. The van der Waals surface area contributed by atoms with Crippen LogP contribution < -0.4 is 5.32 Å². The van der Waals surface area contributed by atoms with E-state index in [0.29, 0.717) is 5.78 Å². The van der Waals surface area contributed by atoms with Gasteiger partial charge in [-0.15, -0.1) is 10.2 Å². The van der Waals surface area contributed by atoms with Gasteiger partial charge in [-0.25, -0.2) is 0 Å². The van der Waals surface area contributed by atoms with Crippen LogP contribution in [0.2, 0.25) is 0 Å². The van der Waals surface area contributed by atoms with Gasteiger partial charge in [0.25, 0.3) is 5.78 Å². The fourth-order valence-corrected chi connectivity index (χ4v) is 3.29. The summed E-state index contributed by atoms with van der Waals surface area (Å²) in [5.74, 6) is 2.16. The monoisotopic (exact) mass is 352 g/mol. The van der Waals surface area contributed by atoms with E-state index < -0.39 is 0 Å². The van der Waals surface area contributed by atoms with Gasteiger partial charge in [0, 0.05) is 23.5 Å². The van der Waals surface area contributed by atoms with Gasteiger partial charge in [-0.1, -0.05) is 24.3 Å². The molecule has 0 amide bonds. The highest BCUT2D eigenvalue weighted by Crippen LogP contribution is 2.28. The van der Waals surface area contributed by atoms with Crippen LogP contribution in [0.25, 0.3) is 27.8 Å². The van der Waals surface area contributed by atoms with Crippen molar-refractivity contribution in [2.75, 3.05) is 5.32 Å². The van der Waals surface area contributed by atoms with Crippen molar-refractivity contribution in [2.24, 2.45) is 0 Å². The second-order valence-electron chi connectivity index (χ2n) is 6.30. The average Bonchev–Trinajstić information content (AvgIpc) is 3.10. The maximum atomic E-state index is 4.69. The van der Waals surface area contributed by atoms with Gasteiger partial charge in [-0.3, -0.25) is 9.38 Å². The van der Waals surface area contributed by atoms with Crippen LogP contribution in [-0.2, 0) is 0 Å². The standard InChI is InChI=1S/C21H16N6/c1-14-25-26-21-24-20(18-7-2-3-8-19(18)27(14)21)23-17-6-4-5-16(13-17)15-9-11-22-12-10-15/h2-13H,1H3,(H,23,24,26). The topological polar surface area (TPSA) is 68.0 Å². The number of aryl methyl sites for hydroxylation is 1. The molecule has 5 aromatic rings. The Labute approximate surface area is 155 Å². The van der Waals surface area contributed by atoms with Crippen LogP contribution in [0.3, 0.4) is 0 Å². The number of hydrogen-bond acceptors (Lipinski definition) is 5. The van der Waals surface area contributed by atoms with Crippen molar-refractivity contribution in [3.8, 4) is 11.1 Å². The number of nitrogens with zero attached hydrogens (tertiary/aromatic N) is 5. The molecule has 6 nitrogen and oxygen atoms in total. The van der Waals surface area contributed by atoms with E-state index in [9.17, 15) is 0 Å². The van der Waals surface area contributed by atoms with E-state index in [2.05, 4.69) is 44.8 Å². The Morgan fingerprint density at radius 2 is 1.70 bits per heavy atom. The molecular formula is C21H16N6. The Kier molecular flexibility index (Phi) is 3.53. The highest BCUT2D eigenvalue weighted by Gasteiger charge is 2.12. The molecule has 0 spiro atoms. The van der Waals surface area contributed by atoms with Crippen LogP contribution in [0.5, 0.6) is 0 Å². The van der Waals surface area contributed by atoms with Gasteiger partial charge in [-0.2, -0.15) is 4.98 Å². The Morgan fingerprint density at radius 1 is 0.852 bits per heavy atom. The highest BCUT2D eigenvalue weighted by atomic mass is 15.3. The van der Waals surface area contributed by atoms with Crippen LogP contribution in [0.1, 0.15) is 5.82 Å². The van der Waals surface area contributed by atoms with Gasteiger partial charge >= 0.3 is 0 Å². The molecule has 0 aliphatic heterocycles. The number of pyridine rings is 1. The predicted molar refractivity (Wildman–Crippen MR) is 106 cm³/mol. The first-order valence-electron chi connectivity index (χ1n) is 8.67. The number of para-hydroxylation sites is 1. The number of aromatic nitrogens is 5. The second-order valence-corrected chi connectivity index (χ2v) is 6.30. The minimum atomic E-state index is 0.582. The first kappa shape index (κ1) is 15.5. The van der Waals surface area contributed by atoms with E-state index >= 15 is 0 Å². The van der Waals surface area contributed by atoms with Crippen LogP contribution in [0, 0.1) is 6.92 Å². The van der Waals surface area contributed by atoms with Crippen molar-refractivity contribution in [1.82, 2.24) is 24.6 Å². The summed E-state index contributed by atoms with van der Waals surface area (Å²) in [5, 5.41) is 12.8. The van der Waals surface area contributed by atoms with E-state index in [-0.39, 0.29) is 0 Å². The molecule has 130 valence electrons. The molecule has 0 unspecified atom stereocenters. The molecular weight excluding hydrogens is 336 g/mol. The number of nitrogens with one attached hydrogen (secondary N) is 1. The van der Waals surface area contributed by atoms with Gasteiger partial charge in [0.2, 0.25) is 0 Å². The molecule has 0 aliphatic rings. The van der Waals surface area contributed by atoms with E-state index in [4.69, 9.17) is 4.98 Å². The van der Waals surface area contributed by atoms with Crippen molar-refractivity contribution >= 4 is 28.2 Å². The SMILES string of the molecule is Cc1nnc2nc(Nc3cccc(-c4ccncc4)c3)c3ccccc3n12. The molecule has 6 heteroatoms. The summed E-state index contributed by atoms with van der Waals surface area (Å²) in [6.45, 7) is 1.93. The van der Waals surface area contributed by atoms with Gasteiger partial charge in [-0.05, 0) is 54.4 Å². The van der Waals surface area contributed by atoms with Crippen LogP contribution in [0.4, 0.5) is 11.5 Å². The van der Waals surface area contributed by atoms with Crippen molar-refractivity contribution < 1.29 is 0 Å². The van der Waals surface area contributed by atoms with Crippen LogP contribution in [-0.4, -0.2) is 24.6 Å². The average molecular weight is 352 g/mol. The largest absolute Gasteiger partial charge is 0.340 e. The lowest BCUT2D eigenvalue weighted by atomic mass is 10.1. The summed E-state index contributed by atoms with van der Waals surface area (Å²) in [7, 11) is 0. The number of anilines is 2. The third-order valence-electron chi connectivity index (χ3n) is 4.56. The number of benzene rings is 2. The quantitative estimate of drug-likeness (QED) is 0.521. The molecule has 0 bridgehead atoms. The molecule has 3 heterocycles. The Morgan fingerprint density at radius 3 is 2.59 bits per heavy atom. The lowest BCUT2D eigenvalue weighted by molar-refractivity contribution is 1.02. The fourth-order valence-electron chi connectivity index (χ4n) is 3.29. The zero-order valence-electron chi connectivity index (χ0n) is 14.7. The highest BCUT2D eigenvalue weighted by molar-refractivity contribution is 5.93. The van der Waals surface area contributed by atoms with E-state index in [1.165, 1.54) is 0 Å². The number of hydrogen-bond donors (Lipinski definition) is 1. The summed E-state index contributed by atoms with van der Waals surface area (Å²) in [6.07, 6.45) is 3.60. The minimum absolute atomic E-state index is 0.582. The molecule has 3 aromatic heterocycles. The Hall–Kier alpha value is -3.80. The molecule has 0 radical (unpaired) electrons. The third kappa shape index (κ3) is 2.67. The van der Waals surface area contributed by atoms with Crippen molar-refractivity contribution in [1.29, 1.82) is 0 Å². The zero-order chi connectivity index (χ0) is 18.2. The van der Waals surface area contributed by atoms with Crippen LogP contribution >= 0.6 is 0 Å². The maximum absolute atomic E-state index is 4.69. The summed E-state index contributed by atoms with van der Waals surface area (Å²) in [4.78, 5) is 8.78. The van der Waals surface area contributed by atoms with Crippen molar-refractivity contribution in [3.63, 3.8) is 0 Å². The zero-order valence-corrected chi connectivity index (χ0v) is 14.7. The van der Waals surface area contributed by atoms with Crippen LogP contribution in [0.15, 0.2) is 73.1 Å². The van der Waals surface area contributed by atoms with Crippen molar-refractivity contribution in [2.45, 2.75) is 6.92 Å². The fraction of sp³-hybridized carbons (Fsp3) is 0.0476. The van der Waals surface area contributed by atoms with Gasteiger partial charge in [0.15, 0.2) is 0 Å².